The van der Waals surface area contributed by atoms with Crippen LogP contribution in [-0.4, -0.2) is 7.11 Å². The van der Waals surface area contributed by atoms with E-state index in [9.17, 15) is 0 Å². The second-order valence-corrected chi connectivity index (χ2v) is 7.33. The number of hydrogen-bond acceptors (Lipinski definition) is 1. The summed E-state index contributed by atoms with van der Waals surface area (Å²) in [6, 6.07) is 13.0. The molecule has 0 amide bonds. The van der Waals surface area contributed by atoms with Gasteiger partial charge in [-0.25, -0.2) is 0 Å². The first-order chi connectivity index (χ1) is 8.60. The fourth-order valence-corrected chi connectivity index (χ4v) is 4.56. The van der Waals surface area contributed by atoms with Crippen LogP contribution in [0.15, 0.2) is 36.4 Å². The Hall–Kier alpha value is -1.03. The molecule has 0 heterocycles. The largest absolute Gasteiger partial charge is 0.497 e. The highest BCUT2D eigenvalue weighted by molar-refractivity contribution is 5.27. The summed E-state index contributed by atoms with van der Waals surface area (Å²) < 4.78 is 8.18. The van der Waals surface area contributed by atoms with Crippen LogP contribution in [0.1, 0.15) is 16.7 Å². The number of hydrogen-bond donors (Lipinski definition) is 0. The lowest BCUT2D eigenvalue weighted by Gasteiger charge is -2.01. The molecule has 2 aromatic carbocycles. The van der Waals surface area contributed by atoms with E-state index in [1.807, 2.05) is 12.1 Å². The van der Waals surface area contributed by atoms with Gasteiger partial charge in [-0.3, -0.25) is 0 Å². The highest BCUT2D eigenvalue weighted by Gasteiger charge is 2.21. The standard InChI is InChI=1S/C16H18IO/c1-11-9-12(2)16(13(3)10-11)17-14-5-7-15(18-4)8-6-14/h5-10H,1-4H3/q+1. The van der Waals surface area contributed by atoms with Gasteiger partial charge in [-0.15, -0.1) is 0 Å². The van der Waals surface area contributed by atoms with Crippen LogP contribution in [0.25, 0.3) is 0 Å². The summed E-state index contributed by atoms with van der Waals surface area (Å²) in [5.74, 6) is 0.931. The molecule has 0 radical (unpaired) electrons. The molecule has 0 atom stereocenters. The number of benzene rings is 2. The molecule has 0 aliphatic heterocycles. The summed E-state index contributed by atoms with van der Waals surface area (Å²) in [6.07, 6.45) is 0. The summed E-state index contributed by atoms with van der Waals surface area (Å²) in [5.41, 5.74) is 4.21. The van der Waals surface area contributed by atoms with Crippen molar-refractivity contribution in [3.63, 3.8) is 0 Å². The molecular weight excluding hydrogens is 335 g/mol. The average molecular weight is 353 g/mol. The Kier molecular flexibility index (Phi) is 4.27. The van der Waals surface area contributed by atoms with Gasteiger partial charge in [-0.2, -0.15) is 0 Å². The molecule has 2 aromatic rings. The van der Waals surface area contributed by atoms with Gasteiger partial charge in [0.15, 0.2) is 7.14 Å². The lowest BCUT2D eigenvalue weighted by atomic mass is 10.1. The van der Waals surface area contributed by atoms with Crippen LogP contribution in [-0.2, 0) is 0 Å². The van der Waals surface area contributed by atoms with E-state index in [4.69, 9.17) is 4.74 Å². The number of ether oxygens (including phenoxy) is 1. The van der Waals surface area contributed by atoms with Gasteiger partial charge in [0, 0.05) is 11.1 Å². The molecule has 0 saturated heterocycles. The van der Waals surface area contributed by atoms with Gasteiger partial charge in [0.2, 0.25) is 0 Å². The smallest absolute Gasteiger partial charge is 0.358 e. The fraction of sp³-hybridized carbons (Fsp3) is 0.250. The average Bonchev–Trinajstić information content (AvgIpc) is 2.34. The highest BCUT2D eigenvalue weighted by Crippen LogP contribution is 2.09. The molecule has 94 valence electrons. The van der Waals surface area contributed by atoms with Crippen molar-refractivity contribution in [1.29, 1.82) is 0 Å². The van der Waals surface area contributed by atoms with E-state index in [0.717, 1.165) is 5.75 Å². The fourth-order valence-electron chi connectivity index (χ4n) is 2.05. The van der Waals surface area contributed by atoms with Crippen LogP contribution in [0, 0.1) is 27.9 Å². The molecule has 0 aromatic heterocycles. The molecule has 2 heteroatoms. The third-order valence-corrected chi connectivity index (χ3v) is 6.42. The Morgan fingerprint density at radius 3 is 1.94 bits per heavy atom. The second-order valence-electron chi connectivity index (χ2n) is 4.47. The zero-order valence-corrected chi connectivity index (χ0v) is 13.4. The number of aryl methyl sites for hydroxylation is 3. The van der Waals surface area contributed by atoms with Gasteiger partial charge in [0.05, 0.1) is 7.11 Å². The Bertz CT molecular complexity index is 521. The maximum absolute atomic E-state index is 5.19. The quantitative estimate of drug-likeness (QED) is 0.740. The van der Waals surface area contributed by atoms with Crippen molar-refractivity contribution in [2.75, 3.05) is 7.11 Å². The maximum Gasteiger partial charge on any atom is 0.358 e. The van der Waals surface area contributed by atoms with Crippen molar-refractivity contribution in [1.82, 2.24) is 0 Å². The van der Waals surface area contributed by atoms with E-state index in [2.05, 4.69) is 45.0 Å². The Balaban J connectivity index is 2.28. The van der Waals surface area contributed by atoms with E-state index in [1.54, 1.807) is 10.7 Å². The minimum atomic E-state index is -0.101. The molecule has 0 unspecified atom stereocenters. The zero-order valence-electron chi connectivity index (χ0n) is 11.3. The summed E-state index contributed by atoms with van der Waals surface area (Å²) in [4.78, 5) is 0. The van der Waals surface area contributed by atoms with Crippen molar-refractivity contribution < 1.29 is 25.9 Å². The first kappa shape index (κ1) is 13.4. The van der Waals surface area contributed by atoms with E-state index < -0.39 is 0 Å². The number of halogens is 1. The highest BCUT2D eigenvalue weighted by atomic mass is 127. The van der Waals surface area contributed by atoms with Crippen LogP contribution < -0.4 is 25.9 Å². The van der Waals surface area contributed by atoms with Gasteiger partial charge in [0.25, 0.3) is 0 Å². The van der Waals surface area contributed by atoms with Crippen LogP contribution in [0.4, 0.5) is 0 Å². The Morgan fingerprint density at radius 2 is 1.44 bits per heavy atom. The van der Waals surface area contributed by atoms with Gasteiger partial charge in [-0.05, 0) is 45.0 Å². The number of rotatable bonds is 3. The van der Waals surface area contributed by atoms with Crippen molar-refractivity contribution in [2.45, 2.75) is 20.8 Å². The van der Waals surface area contributed by atoms with Crippen LogP contribution >= 0.6 is 0 Å². The van der Waals surface area contributed by atoms with Gasteiger partial charge >= 0.3 is 21.2 Å². The van der Waals surface area contributed by atoms with Crippen molar-refractivity contribution in [3.8, 4) is 5.75 Å². The van der Waals surface area contributed by atoms with Crippen molar-refractivity contribution in [2.24, 2.45) is 0 Å². The SMILES string of the molecule is COc1ccc([I+]c2c(C)cc(C)cc2C)cc1. The predicted octanol–water partition coefficient (Wildman–Crippen LogP) is 0.749. The van der Waals surface area contributed by atoms with E-state index >= 15 is 0 Å². The second kappa shape index (κ2) is 5.74. The molecule has 1 nitrogen and oxygen atoms in total. The molecule has 0 saturated carbocycles. The van der Waals surface area contributed by atoms with Crippen molar-refractivity contribution >= 4 is 0 Å². The van der Waals surface area contributed by atoms with E-state index in [0.29, 0.717) is 0 Å². The molecule has 0 aliphatic carbocycles. The summed E-state index contributed by atoms with van der Waals surface area (Å²) >= 11 is -0.101. The molecule has 2 rings (SSSR count). The molecular formula is C16H18IO+. The lowest BCUT2D eigenvalue weighted by Crippen LogP contribution is -3.62. The van der Waals surface area contributed by atoms with Gasteiger partial charge < -0.3 is 4.74 Å². The first-order valence-electron chi connectivity index (χ1n) is 5.97. The summed E-state index contributed by atoms with van der Waals surface area (Å²) in [7, 11) is 1.71. The van der Waals surface area contributed by atoms with E-state index in [-0.39, 0.29) is 21.2 Å². The Morgan fingerprint density at radius 1 is 0.889 bits per heavy atom. The normalized spacial score (nSPS) is 10.4. The first-order valence-corrected chi connectivity index (χ1v) is 8.12. The van der Waals surface area contributed by atoms with Crippen molar-refractivity contribution in [3.05, 3.63) is 60.2 Å². The minimum Gasteiger partial charge on any atom is -0.497 e. The van der Waals surface area contributed by atoms with Gasteiger partial charge in [0.1, 0.15) is 5.75 Å². The number of methoxy groups -OCH3 is 1. The monoisotopic (exact) mass is 353 g/mol. The maximum atomic E-state index is 5.19. The lowest BCUT2D eigenvalue weighted by molar-refractivity contribution is -0.598. The van der Waals surface area contributed by atoms with E-state index in [1.165, 1.54) is 20.3 Å². The molecule has 0 fully saturated rings. The summed E-state index contributed by atoms with van der Waals surface area (Å²) in [5, 5.41) is 0. The van der Waals surface area contributed by atoms with Gasteiger partial charge in [-0.1, -0.05) is 17.7 Å². The molecule has 18 heavy (non-hydrogen) atoms. The third-order valence-electron chi connectivity index (χ3n) is 2.83. The molecule has 0 aliphatic rings. The van der Waals surface area contributed by atoms with Crippen LogP contribution in [0.2, 0.25) is 0 Å². The van der Waals surface area contributed by atoms with Crippen LogP contribution in [0.3, 0.4) is 0 Å². The minimum absolute atomic E-state index is 0.101. The zero-order chi connectivity index (χ0) is 13.1. The third kappa shape index (κ3) is 3.05. The van der Waals surface area contributed by atoms with Crippen LogP contribution in [0.5, 0.6) is 5.75 Å². The summed E-state index contributed by atoms with van der Waals surface area (Å²) in [6.45, 7) is 6.60. The molecule has 0 bridgehead atoms. The topological polar surface area (TPSA) is 9.23 Å². The molecule has 0 spiro atoms. The Labute approximate surface area is 119 Å². The predicted molar refractivity (Wildman–Crippen MR) is 71.0 cm³/mol. The molecule has 0 N–H and O–H groups in total.